The number of H-pyrrole nitrogens is 1. The summed E-state index contributed by atoms with van der Waals surface area (Å²) in [5, 5.41) is 17.9. The van der Waals surface area contributed by atoms with Crippen molar-refractivity contribution in [1.82, 2.24) is 9.55 Å². The first kappa shape index (κ1) is 39.6. The van der Waals surface area contributed by atoms with E-state index in [0.717, 1.165) is 48.2 Å². The Labute approximate surface area is 247 Å². The molecule has 0 aromatic carbocycles. The molecule has 0 radical (unpaired) electrons. The topological polar surface area (TPSA) is 183 Å². The Bertz CT molecular complexity index is 1090. The molecule has 1 aromatic heterocycles. The van der Waals surface area contributed by atoms with Crippen LogP contribution < -0.4 is 11.2 Å². The van der Waals surface area contributed by atoms with Crippen molar-refractivity contribution in [3.63, 3.8) is 0 Å². The second-order valence-corrected chi connectivity index (χ2v) is 14.4. The number of nitrogens with zero attached hydrogens (tertiary/aromatic N) is 1. The Hall–Kier alpha value is -1.36. The maximum atomic E-state index is 14.5. The van der Waals surface area contributed by atoms with Crippen molar-refractivity contribution in [2.45, 2.75) is 67.2 Å². The average molecular weight is 649 g/mol. The van der Waals surface area contributed by atoms with Crippen molar-refractivity contribution in [3.05, 3.63) is 33.1 Å². The van der Waals surface area contributed by atoms with Gasteiger partial charge >= 0.3 is 13.5 Å². The molecule has 2 atom stereocenters. The highest BCUT2D eigenvalue weighted by molar-refractivity contribution is 8.14. The van der Waals surface area contributed by atoms with E-state index >= 15 is 0 Å². The van der Waals surface area contributed by atoms with Crippen molar-refractivity contribution >= 4 is 41.6 Å². The van der Waals surface area contributed by atoms with Crippen LogP contribution in [0.25, 0.3) is 0 Å². The van der Waals surface area contributed by atoms with E-state index in [1.54, 1.807) is 41.5 Å². The molecule has 1 heterocycles. The number of carbonyl (C=O) groups is 2. The summed E-state index contributed by atoms with van der Waals surface area (Å²) in [6, 6.07) is 1.16. The smallest absolute Gasteiger partial charge is 0.387 e. The number of phosphoric acid groups is 1. The number of phosphoric ester groups is 1. The summed E-state index contributed by atoms with van der Waals surface area (Å²) in [5.41, 5.74) is -2.14. The normalized spacial score (nSPS) is 14.5. The molecule has 41 heavy (non-hydrogen) atoms. The fourth-order valence-electron chi connectivity index (χ4n) is 2.18. The summed E-state index contributed by atoms with van der Waals surface area (Å²) in [7, 11) is -3.22. The number of carbonyl (C=O) groups excluding carboxylic acids is 2. The van der Waals surface area contributed by atoms with E-state index < -0.39 is 55.2 Å². The molecule has 1 rings (SSSR count). The van der Waals surface area contributed by atoms with Gasteiger partial charge in [-0.25, -0.2) is 13.8 Å². The molecule has 238 valence electrons. The number of ether oxygens (including phenoxy) is 1. The molecule has 0 saturated heterocycles. The van der Waals surface area contributed by atoms with E-state index in [-0.39, 0.29) is 35.0 Å². The van der Waals surface area contributed by atoms with E-state index in [1.807, 2.05) is 4.98 Å². The fraction of sp³-hybridized carbons (Fsp3) is 0.750. The molecule has 0 aliphatic rings. The van der Waals surface area contributed by atoms with Gasteiger partial charge in [-0.05, 0) is 6.92 Å². The number of hydrogen-bond acceptors (Lipinski definition) is 13. The zero-order chi connectivity index (χ0) is 32.1. The van der Waals surface area contributed by atoms with Crippen molar-refractivity contribution in [2.24, 2.45) is 10.8 Å². The highest BCUT2D eigenvalue weighted by Gasteiger charge is 2.40. The monoisotopic (exact) mass is 648 g/mol. The second-order valence-electron chi connectivity index (χ2n) is 10.5. The summed E-state index contributed by atoms with van der Waals surface area (Å²) >= 11 is 2.02. The highest BCUT2D eigenvalue weighted by Crippen LogP contribution is 2.50. The lowest BCUT2D eigenvalue weighted by molar-refractivity contribution is -0.204. The number of aliphatic hydroxyl groups is 2. The summed E-state index contributed by atoms with van der Waals surface area (Å²) < 4.78 is 48.5. The van der Waals surface area contributed by atoms with Crippen molar-refractivity contribution in [1.29, 1.82) is 0 Å². The van der Waals surface area contributed by atoms with E-state index in [0.29, 0.717) is 0 Å². The summed E-state index contributed by atoms with van der Waals surface area (Å²) in [5.74, 6) is -2.24. The minimum Gasteiger partial charge on any atom is -0.387 e. The third-order valence-corrected chi connectivity index (χ3v) is 8.72. The van der Waals surface area contributed by atoms with Crippen LogP contribution in [0.2, 0.25) is 0 Å². The second kappa shape index (κ2) is 17.7. The van der Waals surface area contributed by atoms with Gasteiger partial charge in [-0.2, -0.15) is 0 Å². The molecule has 1 aromatic rings. The summed E-state index contributed by atoms with van der Waals surface area (Å²) in [4.78, 5) is 46.9. The number of aromatic nitrogens is 2. The Balaban J connectivity index is 0.00000133. The standard InChI is InChI=1S/C19H36FO8PS2.C5H6N2O3/c1-14(21)19(20,25-8)13-28-29(24,26-9-11-30-15(22)17(2,3)4)27-10-12-31-16(23)18(5,6)7;8-3-7-2-1-4(9)6-5(7)10/h14,21H,9-13H2,1-8H3;1-2,8H,3H2,(H,6,9,10)/t14-,19+;/m0./s1. The van der Waals surface area contributed by atoms with Crippen molar-refractivity contribution < 1.29 is 47.1 Å². The molecule has 0 spiro atoms. The minimum absolute atomic E-state index is 0.0684. The Kier molecular flexibility index (Phi) is 17.1. The van der Waals surface area contributed by atoms with Crippen LogP contribution in [0.4, 0.5) is 4.39 Å². The number of nitrogens with one attached hydrogen (secondary N) is 1. The molecule has 0 bridgehead atoms. The van der Waals surface area contributed by atoms with E-state index in [9.17, 15) is 33.2 Å². The van der Waals surface area contributed by atoms with Gasteiger partial charge in [0.05, 0.1) is 13.2 Å². The Morgan fingerprint density at radius 1 is 1.02 bits per heavy atom. The third-order valence-electron chi connectivity index (χ3n) is 4.79. The van der Waals surface area contributed by atoms with Gasteiger partial charge in [-0.1, -0.05) is 65.1 Å². The number of alkyl halides is 1. The van der Waals surface area contributed by atoms with Gasteiger partial charge in [-0.3, -0.25) is 37.5 Å². The number of aromatic amines is 1. The molecule has 0 fully saturated rings. The lowest BCUT2D eigenvalue weighted by Crippen LogP contribution is -2.42. The lowest BCUT2D eigenvalue weighted by atomic mass is 9.99. The third kappa shape index (κ3) is 15.6. The number of methoxy groups -OCH3 is 1. The molecular weight excluding hydrogens is 606 g/mol. The van der Waals surface area contributed by atoms with Crippen LogP contribution in [-0.2, 0) is 39.2 Å². The molecule has 0 aliphatic heterocycles. The van der Waals surface area contributed by atoms with Gasteiger partial charge in [-0.15, -0.1) is 0 Å². The molecular formula is C24H42FN2O11PS2. The molecule has 0 saturated carbocycles. The maximum absolute atomic E-state index is 14.5. The zero-order valence-electron chi connectivity index (χ0n) is 24.6. The van der Waals surface area contributed by atoms with Gasteiger partial charge in [0.2, 0.25) is 0 Å². The molecule has 0 aliphatic carbocycles. The van der Waals surface area contributed by atoms with Crippen LogP contribution in [0.15, 0.2) is 21.9 Å². The van der Waals surface area contributed by atoms with E-state index in [2.05, 4.69) is 4.74 Å². The molecule has 3 N–H and O–H groups in total. The minimum atomic E-state index is -4.25. The zero-order valence-corrected chi connectivity index (χ0v) is 27.2. The molecule has 13 nitrogen and oxygen atoms in total. The van der Waals surface area contributed by atoms with Crippen LogP contribution in [0.3, 0.4) is 0 Å². The SMILES string of the molecule is CO[C@](F)(COP(=O)(OCCSC(=O)C(C)(C)C)OCCSC(=O)C(C)(C)C)[C@H](C)O.O=c1ccn(CO)c(=O)[nH]1. The molecule has 0 unspecified atom stereocenters. The Morgan fingerprint density at radius 2 is 1.49 bits per heavy atom. The van der Waals surface area contributed by atoms with E-state index in [1.165, 1.54) is 6.20 Å². The molecule has 0 amide bonds. The predicted molar refractivity (Wildman–Crippen MR) is 155 cm³/mol. The van der Waals surface area contributed by atoms with Gasteiger partial charge in [0.1, 0.15) is 19.4 Å². The van der Waals surface area contributed by atoms with Crippen LogP contribution >= 0.6 is 31.3 Å². The van der Waals surface area contributed by atoms with Crippen LogP contribution in [0, 0.1) is 10.8 Å². The first-order valence-electron chi connectivity index (χ1n) is 12.4. The largest absolute Gasteiger partial charge is 0.475 e. The van der Waals surface area contributed by atoms with Gasteiger partial charge < -0.3 is 14.9 Å². The van der Waals surface area contributed by atoms with E-state index in [4.69, 9.17) is 18.7 Å². The van der Waals surface area contributed by atoms with Crippen molar-refractivity contribution in [3.8, 4) is 0 Å². The highest BCUT2D eigenvalue weighted by atomic mass is 32.2. The number of aliphatic hydroxyl groups excluding tert-OH is 2. The van der Waals surface area contributed by atoms with Gasteiger partial charge in [0, 0.05) is 41.7 Å². The van der Waals surface area contributed by atoms with Crippen LogP contribution in [0.5, 0.6) is 0 Å². The first-order valence-corrected chi connectivity index (χ1v) is 15.8. The Morgan fingerprint density at radius 3 is 1.83 bits per heavy atom. The first-order chi connectivity index (χ1) is 18.7. The molecule has 17 heteroatoms. The number of hydrogen-bond donors (Lipinski definition) is 3. The van der Waals surface area contributed by atoms with Crippen LogP contribution in [0.1, 0.15) is 48.5 Å². The quantitative estimate of drug-likeness (QED) is 0.198. The number of halogens is 1. The lowest BCUT2D eigenvalue weighted by Gasteiger charge is -2.28. The van der Waals surface area contributed by atoms with Crippen LogP contribution in [-0.4, -0.2) is 80.4 Å². The average Bonchev–Trinajstić information content (AvgIpc) is 2.86. The number of rotatable bonds is 14. The summed E-state index contributed by atoms with van der Waals surface area (Å²) in [6.07, 6.45) is -0.341. The van der Waals surface area contributed by atoms with Gasteiger partial charge in [0.15, 0.2) is 10.2 Å². The number of thioether (sulfide) groups is 2. The van der Waals surface area contributed by atoms with Crippen molar-refractivity contribution in [2.75, 3.05) is 38.4 Å². The summed E-state index contributed by atoms with van der Waals surface area (Å²) in [6.45, 7) is 10.2. The van der Waals surface area contributed by atoms with Gasteiger partial charge in [0.25, 0.3) is 11.4 Å². The maximum Gasteiger partial charge on any atom is 0.475 e. The predicted octanol–water partition coefficient (Wildman–Crippen LogP) is 2.94. The fourth-order valence-corrected chi connectivity index (χ4v) is 5.19.